The van der Waals surface area contributed by atoms with Crippen LogP contribution in [0.25, 0.3) is 0 Å². The fourth-order valence-electron chi connectivity index (χ4n) is 6.67. The van der Waals surface area contributed by atoms with Crippen LogP contribution in [-0.4, -0.2) is 67.3 Å². The number of anilines is 2. The first kappa shape index (κ1) is 26.1. The molecule has 0 aliphatic carbocycles. The molecule has 0 spiro atoms. The third-order valence-electron chi connectivity index (χ3n) is 8.86. The van der Waals surface area contributed by atoms with Gasteiger partial charge >= 0.3 is 0 Å². The number of nitrogens with zero attached hydrogens (tertiary/aromatic N) is 3. The number of hydrogen-bond donors (Lipinski definition) is 1. The topological polar surface area (TPSA) is 40.6 Å². The van der Waals surface area contributed by atoms with E-state index in [2.05, 4.69) is 60.4 Å². The molecule has 198 valence electrons. The van der Waals surface area contributed by atoms with Crippen molar-refractivity contribution in [2.24, 2.45) is 0 Å². The van der Waals surface area contributed by atoms with Gasteiger partial charge in [0.15, 0.2) is 0 Å². The third-order valence-corrected chi connectivity index (χ3v) is 8.86. The fourth-order valence-corrected chi connectivity index (χ4v) is 6.67. The average Bonchev–Trinajstić information content (AvgIpc) is 3.11. The SMILES string of the molecule is C=CC=C.Cc1cc(C2CCN(C3CN(C)C3)CC2)cc2c1CCc1c(C3CCOCC3)ccnc1N2. The Bertz CT molecular complexity index is 1090. The molecule has 0 bridgehead atoms. The lowest BCUT2D eigenvalue weighted by Crippen LogP contribution is -2.59. The molecule has 3 fully saturated rings. The highest BCUT2D eigenvalue weighted by molar-refractivity contribution is 5.69. The normalized spacial score (nSPS) is 21.4. The van der Waals surface area contributed by atoms with Gasteiger partial charge in [-0.2, -0.15) is 0 Å². The molecule has 5 nitrogen and oxygen atoms in total. The van der Waals surface area contributed by atoms with Gasteiger partial charge in [0.05, 0.1) is 0 Å². The van der Waals surface area contributed by atoms with E-state index in [1.54, 1.807) is 12.2 Å². The predicted octanol–water partition coefficient (Wildman–Crippen LogP) is 5.98. The third kappa shape index (κ3) is 5.84. The van der Waals surface area contributed by atoms with E-state index in [9.17, 15) is 0 Å². The number of nitrogens with one attached hydrogen (secondary N) is 1. The standard InChI is InChI=1S/C28H38N4O.C4H6/c1-19-15-22(20-6-11-32(12-7-20)23-17-31(2)18-23)16-27-24(19)3-4-26-25(5-10-29-28(26)30-27)21-8-13-33-14-9-21;1-3-4-2/h5,10,15-16,20-21,23H,3-4,6-9,11-14,17-18H2,1-2H3,(H,29,30);3-4H,1-2H2. The van der Waals surface area contributed by atoms with Crippen LogP contribution in [0.5, 0.6) is 0 Å². The van der Waals surface area contributed by atoms with Gasteiger partial charge in [-0.3, -0.25) is 4.90 Å². The summed E-state index contributed by atoms with van der Waals surface area (Å²) in [6, 6.07) is 8.00. The summed E-state index contributed by atoms with van der Waals surface area (Å²) in [6.07, 6.45) is 12.3. The molecular formula is C32H44N4O. The Labute approximate surface area is 223 Å². The molecule has 6 rings (SSSR count). The van der Waals surface area contributed by atoms with Crippen molar-refractivity contribution in [1.82, 2.24) is 14.8 Å². The van der Waals surface area contributed by atoms with Crippen LogP contribution in [0.1, 0.15) is 65.3 Å². The van der Waals surface area contributed by atoms with E-state index in [1.165, 1.54) is 72.5 Å². The van der Waals surface area contributed by atoms with Crippen LogP contribution in [0.3, 0.4) is 0 Å². The number of aryl methyl sites for hydroxylation is 1. The first-order valence-electron chi connectivity index (χ1n) is 14.2. The summed E-state index contributed by atoms with van der Waals surface area (Å²) in [7, 11) is 2.23. The highest BCUT2D eigenvalue weighted by Crippen LogP contribution is 2.39. The highest BCUT2D eigenvalue weighted by Gasteiger charge is 2.32. The molecule has 37 heavy (non-hydrogen) atoms. The number of pyridine rings is 1. The minimum absolute atomic E-state index is 0.607. The summed E-state index contributed by atoms with van der Waals surface area (Å²) in [5, 5.41) is 3.79. The lowest BCUT2D eigenvalue weighted by Gasteiger charge is -2.46. The Hall–Kier alpha value is -2.47. The van der Waals surface area contributed by atoms with E-state index in [0.29, 0.717) is 11.8 Å². The van der Waals surface area contributed by atoms with Crippen LogP contribution in [-0.2, 0) is 17.6 Å². The number of benzene rings is 1. The summed E-state index contributed by atoms with van der Waals surface area (Å²) in [6.45, 7) is 15.8. The van der Waals surface area contributed by atoms with Gasteiger partial charge in [0.1, 0.15) is 5.82 Å². The predicted molar refractivity (Wildman–Crippen MR) is 154 cm³/mol. The average molecular weight is 501 g/mol. The maximum atomic E-state index is 5.62. The zero-order valence-corrected chi connectivity index (χ0v) is 22.8. The molecule has 1 N–H and O–H groups in total. The van der Waals surface area contributed by atoms with Crippen molar-refractivity contribution in [3.63, 3.8) is 0 Å². The molecule has 1 aromatic carbocycles. The number of aromatic nitrogens is 1. The Morgan fingerprint density at radius 2 is 1.68 bits per heavy atom. The number of ether oxygens (including phenoxy) is 1. The number of allylic oxidation sites excluding steroid dienone is 2. The zero-order valence-electron chi connectivity index (χ0n) is 22.8. The molecule has 1 aromatic heterocycles. The Balaban J connectivity index is 0.000000655. The van der Waals surface area contributed by atoms with Crippen molar-refractivity contribution in [2.45, 2.75) is 63.3 Å². The second-order valence-corrected chi connectivity index (χ2v) is 11.3. The van der Waals surface area contributed by atoms with Crippen LogP contribution in [0.2, 0.25) is 0 Å². The minimum atomic E-state index is 0.607. The van der Waals surface area contributed by atoms with Crippen molar-refractivity contribution in [1.29, 1.82) is 0 Å². The Morgan fingerprint density at radius 1 is 0.973 bits per heavy atom. The highest BCUT2D eigenvalue weighted by atomic mass is 16.5. The summed E-state index contributed by atoms with van der Waals surface area (Å²) in [5.74, 6) is 2.36. The lowest BCUT2D eigenvalue weighted by atomic mass is 9.85. The first-order valence-corrected chi connectivity index (χ1v) is 14.2. The van der Waals surface area contributed by atoms with Gasteiger partial charge in [-0.15, -0.1) is 0 Å². The van der Waals surface area contributed by atoms with Crippen LogP contribution in [0, 0.1) is 6.92 Å². The molecule has 0 atom stereocenters. The monoisotopic (exact) mass is 500 g/mol. The number of fused-ring (bicyclic) bond motifs is 2. The van der Waals surface area contributed by atoms with Crippen LogP contribution in [0.4, 0.5) is 11.5 Å². The molecule has 0 amide bonds. The van der Waals surface area contributed by atoms with Gasteiger partial charge in [0.25, 0.3) is 0 Å². The summed E-state index contributed by atoms with van der Waals surface area (Å²) in [5.41, 5.74) is 8.66. The Morgan fingerprint density at radius 3 is 2.35 bits per heavy atom. The molecule has 3 saturated heterocycles. The van der Waals surface area contributed by atoms with Crippen molar-refractivity contribution >= 4 is 11.5 Å². The van der Waals surface area contributed by atoms with Gasteiger partial charge in [-0.25, -0.2) is 4.98 Å². The number of likely N-dealkylation sites (tertiary alicyclic amines) is 2. The first-order chi connectivity index (χ1) is 18.1. The molecule has 4 aliphatic heterocycles. The number of hydrogen-bond acceptors (Lipinski definition) is 5. The van der Waals surface area contributed by atoms with E-state index in [0.717, 1.165) is 50.8 Å². The van der Waals surface area contributed by atoms with Gasteiger partial charge < -0.3 is 15.0 Å². The number of likely N-dealkylation sites (N-methyl/N-ethyl adjacent to an activating group) is 1. The minimum Gasteiger partial charge on any atom is -0.381 e. The summed E-state index contributed by atoms with van der Waals surface area (Å²) < 4.78 is 5.62. The maximum Gasteiger partial charge on any atom is 0.133 e. The molecule has 0 saturated carbocycles. The van der Waals surface area contributed by atoms with E-state index in [4.69, 9.17) is 9.72 Å². The van der Waals surface area contributed by atoms with Gasteiger partial charge in [0, 0.05) is 44.2 Å². The van der Waals surface area contributed by atoms with Crippen molar-refractivity contribution in [3.8, 4) is 0 Å². The maximum absolute atomic E-state index is 5.62. The molecule has 2 aromatic rings. The molecular weight excluding hydrogens is 456 g/mol. The van der Waals surface area contributed by atoms with E-state index >= 15 is 0 Å². The van der Waals surface area contributed by atoms with E-state index < -0.39 is 0 Å². The van der Waals surface area contributed by atoms with Gasteiger partial charge in [-0.1, -0.05) is 31.4 Å². The van der Waals surface area contributed by atoms with Crippen molar-refractivity contribution < 1.29 is 4.74 Å². The number of rotatable bonds is 4. The van der Waals surface area contributed by atoms with Crippen molar-refractivity contribution in [2.75, 3.05) is 51.8 Å². The lowest BCUT2D eigenvalue weighted by molar-refractivity contribution is 0.0363. The quantitative estimate of drug-likeness (QED) is 0.523. The molecule has 0 radical (unpaired) electrons. The van der Waals surface area contributed by atoms with Gasteiger partial charge in [-0.05, 0) is 117 Å². The largest absolute Gasteiger partial charge is 0.381 e. The second kappa shape index (κ2) is 11.9. The van der Waals surface area contributed by atoms with E-state index in [1.807, 2.05) is 6.20 Å². The second-order valence-electron chi connectivity index (χ2n) is 11.3. The smallest absolute Gasteiger partial charge is 0.133 e. The fraction of sp³-hybridized carbons (Fsp3) is 0.531. The Kier molecular flexibility index (Phi) is 8.43. The number of piperidine rings is 1. The zero-order chi connectivity index (χ0) is 25.8. The summed E-state index contributed by atoms with van der Waals surface area (Å²) in [4.78, 5) is 9.96. The van der Waals surface area contributed by atoms with Crippen LogP contribution in [0.15, 0.2) is 49.7 Å². The molecule has 5 heteroatoms. The van der Waals surface area contributed by atoms with Crippen molar-refractivity contribution in [3.05, 3.63) is 77.5 Å². The van der Waals surface area contributed by atoms with E-state index in [-0.39, 0.29) is 0 Å². The van der Waals surface area contributed by atoms with Crippen LogP contribution >= 0.6 is 0 Å². The van der Waals surface area contributed by atoms with Gasteiger partial charge in [0.2, 0.25) is 0 Å². The molecule has 0 unspecified atom stereocenters. The summed E-state index contributed by atoms with van der Waals surface area (Å²) >= 11 is 0. The van der Waals surface area contributed by atoms with Crippen LogP contribution < -0.4 is 5.32 Å². The molecule has 4 aliphatic rings. The molecule has 5 heterocycles.